The molecule has 0 unspecified atom stereocenters. The van der Waals surface area contributed by atoms with Crippen LogP contribution >= 0.6 is 0 Å². The number of ether oxygens (including phenoxy) is 1. The lowest BCUT2D eigenvalue weighted by molar-refractivity contribution is 0.102. The molecular weight excluding hydrogens is 354 g/mol. The molecule has 0 bridgehead atoms. The highest BCUT2D eigenvalue weighted by atomic mass is 16.5. The molecule has 2 aromatic heterocycles. The highest BCUT2D eigenvalue weighted by molar-refractivity contribution is 6.04. The Labute approximate surface area is 162 Å². The van der Waals surface area contributed by atoms with Crippen molar-refractivity contribution in [3.8, 4) is 17.0 Å². The molecule has 2 aromatic carbocycles. The van der Waals surface area contributed by atoms with Gasteiger partial charge >= 0.3 is 0 Å². The van der Waals surface area contributed by atoms with E-state index in [0.29, 0.717) is 16.9 Å². The van der Waals surface area contributed by atoms with Crippen LogP contribution in [0.5, 0.6) is 5.75 Å². The van der Waals surface area contributed by atoms with Gasteiger partial charge in [-0.3, -0.25) is 4.79 Å². The summed E-state index contributed by atoms with van der Waals surface area (Å²) in [5, 5.41) is 15.2. The van der Waals surface area contributed by atoms with Gasteiger partial charge in [-0.1, -0.05) is 12.1 Å². The van der Waals surface area contributed by atoms with E-state index in [-0.39, 0.29) is 12.0 Å². The summed E-state index contributed by atoms with van der Waals surface area (Å²) in [6.45, 7) is 3.92. The highest BCUT2D eigenvalue weighted by Crippen LogP contribution is 2.22. The number of benzene rings is 2. The fourth-order valence-electron chi connectivity index (χ4n) is 2.80. The summed E-state index contributed by atoms with van der Waals surface area (Å²) in [4.78, 5) is 12.5. The van der Waals surface area contributed by atoms with Crippen LogP contribution in [-0.2, 0) is 0 Å². The average molecular weight is 373 g/mol. The monoisotopic (exact) mass is 373 g/mol. The molecule has 1 N–H and O–H groups in total. The fraction of sp³-hybridized carbons (Fsp3) is 0.143. The van der Waals surface area contributed by atoms with Gasteiger partial charge in [0, 0.05) is 16.8 Å². The zero-order valence-corrected chi connectivity index (χ0v) is 15.5. The third-order valence-corrected chi connectivity index (χ3v) is 4.07. The first-order valence-corrected chi connectivity index (χ1v) is 8.94. The van der Waals surface area contributed by atoms with Crippen LogP contribution in [0.15, 0.2) is 67.0 Å². The molecule has 4 aromatic rings. The summed E-state index contributed by atoms with van der Waals surface area (Å²) in [6, 6.07) is 18.3. The maximum atomic E-state index is 12.5. The number of amides is 1. The number of carbonyl (C=O) groups is 1. The topological polar surface area (TPSA) is 81.4 Å². The van der Waals surface area contributed by atoms with Gasteiger partial charge in [-0.2, -0.15) is 9.61 Å². The molecule has 0 spiro atoms. The van der Waals surface area contributed by atoms with Crippen LogP contribution < -0.4 is 10.1 Å². The summed E-state index contributed by atoms with van der Waals surface area (Å²) in [6.07, 6.45) is 1.64. The smallest absolute Gasteiger partial charge is 0.255 e. The maximum absolute atomic E-state index is 12.5. The van der Waals surface area contributed by atoms with E-state index in [1.807, 2.05) is 50.2 Å². The maximum Gasteiger partial charge on any atom is 0.255 e. The Morgan fingerprint density at radius 2 is 1.89 bits per heavy atom. The van der Waals surface area contributed by atoms with Crippen LogP contribution in [0.1, 0.15) is 24.2 Å². The molecule has 0 radical (unpaired) electrons. The molecule has 0 saturated heterocycles. The predicted molar refractivity (Wildman–Crippen MR) is 106 cm³/mol. The number of nitrogens with zero attached hydrogens (tertiary/aromatic N) is 4. The third-order valence-electron chi connectivity index (χ3n) is 4.07. The van der Waals surface area contributed by atoms with Crippen molar-refractivity contribution in [2.24, 2.45) is 0 Å². The zero-order valence-electron chi connectivity index (χ0n) is 15.5. The Morgan fingerprint density at radius 3 is 2.68 bits per heavy atom. The molecule has 1 amide bonds. The van der Waals surface area contributed by atoms with E-state index in [2.05, 4.69) is 20.6 Å². The predicted octanol–water partition coefficient (Wildman–Crippen LogP) is 3.83. The van der Waals surface area contributed by atoms with Gasteiger partial charge in [-0.05, 0) is 62.4 Å². The van der Waals surface area contributed by atoms with Gasteiger partial charge in [-0.15, -0.1) is 10.2 Å². The van der Waals surface area contributed by atoms with Crippen LogP contribution in [0.2, 0.25) is 0 Å². The van der Waals surface area contributed by atoms with Crippen molar-refractivity contribution in [2.75, 3.05) is 5.32 Å². The van der Waals surface area contributed by atoms with Crippen LogP contribution in [0.4, 0.5) is 5.69 Å². The van der Waals surface area contributed by atoms with Crippen molar-refractivity contribution >= 4 is 17.2 Å². The molecule has 2 heterocycles. The van der Waals surface area contributed by atoms with Gasteiger partial charge in [0.25, 0.3) is 5.91 Å². The molecule has 28 heavy (non-hydrogen) atoms. The Hall–Kier alpha value is -3.74. The normalized spacial score (nSPS) is 11.0. The SMILES string of the molecule is CC(C)Oc1ccc(C(=O)Nc2cccc(-c3ccc4nncn4n3)c2)cc1. The number of rotatable bonds is 5. The lowest BCUT2D eigenvalue weighted by atomic mass is 10.1. The number of hydrogen-bond acceptors (Lipinski definition) is 5. The molecule has 0 aliphatic heterocycles. The molecular formula is C21H19N5O2. The number of fused-ring (bicyclic) bond motifs is 1. The van der Waals surface area contributed by atoms with Crippen molar-refractivity contribution in [1.29, 1.82) is 0 Å². The summed E-state index contributed by atoms with van der Waals surface area (Å²) in [5.41, 5.74) is 3.58. The van der Waals surface area contributed by atoms with Gasteiger partial charge in [-0.25, -0.2) is 0 Å². The summed E-state index contributed by atoms with van der Waals surface area (Å²) >= 11 is 0. The van der Waals surface area contributed by atoms with E-state index in [1.54, 1.807) is 35.1 Å². The van der Waals surface area contributed by atoms with Gasteiger partial charge in [0.05, 0.1) is 11.8 Å². The first kappa shape index (κ1) is 17.7. The second kappa shape index (κ2) is 7.48. The van der Waals surface area contributed by atoms with E-state index >= 15 is 0 Å². The number of anilines is 1. The van der Waals surface area contributed by atoms with Gasteiger partial charge in [0.15, 0.2) is 5.65 Å². The average Bonchev–Trinajstić information content (AvgIpc) is 3.16. The Morgan fingerprint density at radius 1 is 1.07 bits per heavy atom. The summed E-state index contributed by atoms with van der Waals surface area (Å²) in [7, 11) is 0. The number of hydrogen-bond donors (Lipinski definition) is 1. The molecule has 7 nitrogen and oxygen atoms in total. The molecule has 0 fully saturated rings. The Bertz CT molecular complexity index is 1120. The van der Waals surface area contributed by atoms with Gasteiger partial charge in [0.2, 0.25) is 0 Å². The number of aromatic nitrogens is 4. The van der Waals surface area contributed by atoms with E-state index in [0.717, 1.165) is 17.0 Å². The van der Waals surface area contributed by atoms with Crippen LogP contribution in [-0.4, -0.2) is 31.8 Å². The lowest BCUT2D eigenvalue weighted by Crippen LogP contribution is -2.12. The van der Waals surface area contributed by atoms with Crippen LogP contribution in [0.3, 0.4) is 0 Å². The van der Waals surface area contributed by atoms with Gasteiger partial charge < -0.3 is 10.1 Å². The minimum absolute atomic E-state index is 0.0911. The molecule has 0 aliphatic rings. The second-order valence-corrected chi connectivity index (χ2v) is 6.58. The van der Waals surface area contributed by atoms with Crippen molar-refractivity contribution in [3.05, 3.63) is 72.6 Å². The van der Waals surface area contributed by atoms with Crippen molar-refractivity contribution in [2.45, 2.75) is 20.0 Å². The fourth-order valence-corrected chi connectivity index (χ4v) is 2.80. The summed E-state index contributed by atoms with van der Waals surface area (Å²) < 4.78 is 7.22. The Kier molecular flexibility index (Phi) is 4.72. The summed E-state index contributed by atoms with van der Waals surface area (Å²) in [5.74, 6) is 0.555. The van der Waals surface area contributed by atoms with Crippen molar-refractivity contribution in [3.63, 3.8) is 0 Å². The van der Waals surface area contributed by atoms with E-state index < -0.39 is 0 Å². The Balaban J connectivity index is 1.52. The molecule has 0 aliphatic carbocycles. The zero-order chi connectivity index (χ0) is 19.5. The van der Waals surface area contributed by atoms with Crippen molar-refractivity contribution < 1.29 is 9.53 Å². The number of carbonyl (C=O) groups excluding carboxylic acids is 1. The van der Waals surface area contributed by atoms with Crippen LogP contribution in [0, 0.1) is 0 Å². The van der Waals surface area contributed by atoms with Gasteiger partial charge in [0.1, 0.15) is 12.1 Å². The highest BCUT2D eigenvalue weighted by Gasteiger charge is 2.09. The first-order valence-electron chi connectivity index (χ1n) is 8.94. The second-order valence-electron chi connectivity index (χ2n) is 6.58. The minimum atomic E-state index is -0.185. The molecule has 140 valence electrons. The molecule has 0 atom stereocenters. The molecule has 7 heteroatoms. The van der Waals surface area contributed by atoms with Crippen LogP contribution in [0.25, 0.3) is 16.9 Å². The quantitative estimate of drug-likeness (QED) is 0.575. The third kappa shape index (κ3) is 3.83. The molecule has 0 saturated carbocycles. The first-order chi connectivity index (χ1) is 13.6. The standard InChI is InChI=1S/C21H19N5O2/c1-14(2)28-18-8-6-15(7-9-18)21(27)23-17-5-3-4-16(12-17)19-10-11-20-24-22-13-26(20)25-19/h3-14H,1-2H3,(H,23,27). The van der Waals surface area contributed by atoms with Crippen molar-refractivity contribution in [1.82, 2.24) is 19.8 Å². The van der Waals surface area contributed by atoms with E-state index in [4.69, 9.17) is 4.74 Å². The van der Waals surface area contributed by atoms with E-state index in [1.165, 1.54) is 0 Å². The van der Waals surface area contributed by atoms with E-state index in [9.17, 15) is 4.79 Å². The largest absolute Gasteiger partial charge is 0.491 e. The molecule has 4 rings (SSSR count). The lowest BCUT2D eigenvalue weighted by Gasteiger charge is -2.10. The number of nitrogens with one attached hydrogen (secondary N) is 1. The minimum Gasteiger partial charge on any atom is -0.491 e.